The van der Waals surface area contributed by atoms with Crippen LogP contribution in [0, 0.1) is 0 Å². The number of benzene rings is 2. The summed E-state index contributed by atoms with van der Waals surface area (Å²) in [5.41, 5.74) is 2.64. The third-order valence-electron chi connectivity index (χ3n) is 3.23. The minimum absolute atomic E-state index is 0.165. The molecule has 0 unspecified atom stereocenters. The van der Waals surface area contributed by atoms with Gasteiger partial charge in [0.15, 0.2) is 0 Å². The van der Waals surface area contributed by atoms with E-state index in [1.165, 1.54) is 0 Å². The lowest BCUT2D eigenvalue weighted by Gasteiger charge is -2.07. The average Bonchev–Trinajstić information content (AvgIpc) is 2.76. The zero-order chi connectivity index (χ0) is 13.4. The molecule has 0 atom stereocenters. The number of para-hydroxylation sites is 2. The molecule has 0 bridgehead atoms. The SMILES string of the molecule is COc1ccc(-c2nc3ccccc3n2C)c(O)c1. The maximum atomic E-state index is 10.1. The van der Waals surface area contributed by atoms with Gasteiger partial charge in [-0.05, 0) is 24.3 Å². The van der Waals surface area contributed by atoms with Crippen molar-refractivity contribution in [1.29, 1.82) is 0 Å². The molecule has 0 fully saturated rings. The van der Waals surface area contributed by atoms with Crippen molar-refractivity contribution in [2.75, 3.05) is 7.11 Å². The zero-order valence-corrected chi connectivity index (χ0v) is 10.8. The lowest BCUT2D eigenvalue weighted by Crippen LogP contribution is -1.93. The van der Waals surface area contributed by atoms with Crippen LogP contribution in [0.3, 0.4) is 0 Å². The zero-order valence-electron chi connectivity index (χ0n) is 10.8. The summed E-state index contributed by atoms with van der Waals surface area (Å²) in [5, 5.41) is 10.1. The van der Waals surface area contributed by atoms with Crippen LogP contribution in [-0.2, 0) is 7.05 Å². The Kier molecular flexibility index (Phi) is 2.63. The first-order valence-corrected chi connectivity index (χ1v) is 5.99. The molecule has 2 aromatic carbocycles. The van der Waals surface area contributed by atoms with Gasteiger partial charge in [0.2, 0.25) is 0 Å². The first-order chi connectivity index (χ1) is 9.20. The highest BCUT2D eigenvalue weighted by Gasteiger charge is 2.13. The molecule has 1 heterocycles. The molecule has 1 aromatic heterocycles. The van der Waals surface area contributed by atoms with E-state index in [0.29, 0.717) is 11.3 Å². The Balaban J connectivity index is 2.21. The normalized spacial score (nSPS) is 10.8. The van der Waals surface area contributed by atoms with E-state index in [1.54, 1.807) is 13.2 Å². The maximum absolute atomic E-state index is 10.1. The molecule has 3 aromatic rings. The summed E-state index contributed by atoms with van der Waals surface area (Å²) in [5.74, 6) is 1.53. The van der Waals surface area contributed by atoms with E-state index in [9.17, 15) is 5.11 Å². The lowest BCUT2D eigenvalue weighted by molar-refractivity contribution is 0.408. The Bertz CT molecular complexity index is 747. The topological polar surface area (TPSA) is 47.3 Å². The molecule has 0 saturated heterocycles. The van der Waals surface area contributed by atoms with Gasteiger partial charge in [0, 0.05) is 13.1 Å². The van der Waals surface area contributed by atoms with Gasteiger partial charge in [-0.15, -0.1) is 0 Å². The summed E-state index contributed by atoms with van der Waals surface area (Å²) in [6.45, 7) is 0. The van der Waals surface area contributed by atoms with E-state index in [0.717, 1.165) is 16.9 Å². The van der Waals surface area contributed by atoms with Crippen LogP contribution in [0.1, 0.15) is 0 Å². The van der Waals surface area contributed by atoms with Crippen LogP contribution in [0.2, 0.25) is 0 Å². The van der Waals surface area contributed by atoms with Crippen LogP contribution in [-0.4, -0.2) is 21.8 Å². The van der Waals surface area contributed by atoms with Gasteiger partial charge >= 0.3 is 0 Å². The fourth-order valence-corrected chi connectivity index (χ4v) is 2.21. The largest absolute Gasteiger partial charge is 0.507 e. The van der Waals surface area contributed by atoms with Gasteiger partial charge in [0.25, 0.3) is 0 Å². The molecule has 19 heavy (non-hydrogen) atoms. The second-order valence-corrected chi connectivity index (χ2v) is 4.37. The number of ether oxygens (including phenoxy) is 1. The number of phenols is 1. The number of phenolic OH excluding ortho intramolecular Hbond substituents is 1. The van der Waals surface area contributed by atoms with Gasteiger partial charge < -0.3 is 14.4 Å². The second kappa shape index (κ2) is 4.31. The molecule has 0 spiro atoms. The summed E-state index contributed by atoms with van der Waals surface area (Å²) in [6.07, 6.45) is 0. The highest BCUT2D eigenvalue weighted by molar-refractivity contribution is 5.81. The van der Waals surface area contributed by atoms with Crippen LogP contribution in [0.15, 0.2) is 42.5 Å². The second-order valence-electron chi connectivity index (χ2n) is 4.37. The average molecular weight is 254 g/mol. The molecule has 0 amide bonds. The van der Waals surface area contributed by atoms with E-state index in [-0.39, 0.29) is 5.75 Å². The number of hydrogen-bond acceptors (Lipinski definition) is 3. The van der Waals surface area contributed by atoms with Crippen molar-refractivity contribution in [1.82, 2.24) is 9.55 Å². The molecule has 0 aliphatic heterocycles. The van der Waals surface area contributed by atoms with Crippen molar-refractivity contribution < 1.29 is 9.84 Å². The summed E-state index contributed by atoms with van der Waals surface area (Å²) >= 11 is 0. The predicted octanol–water partition coefficient (Wildman–Crippen LogP) is 2.95. The van der Waals surface area contributed by atoms with E-state index in [2.05, 4.69) is 4.98 Å². The standard InChI is InChI=1S/C15H14N2O2/c1-17-13-6-4-3-5-12(13)16-15(17)11-8-7-10(19-2)9-14(11)18/h3-9,18H,1-2H3. The number of aromatic nitrogens is 2. The first kappa shape index (κ1) is 11.6. The van der Waals surface area contributed by atoms with Gasteiger partial charge in [0.1, 0.15) is 17.3 Å². The van der Waals surface area contributed by atoms with Gasteiger partial charge in [0.05, 0.1) is 23.7 Å². The Hall–Kier alpha value is -2.49. The number of nitrogens with zero attached hydrogens (tertiary/aromatic N) is 2. The van der Waals surface area contributed by atoms with Crippen LogP contribution >= 0.6 is 0 Å². The number of hydrogen-bond donors (Lipinski definition) is 1. The van der Waals surface area contributed by atoms with E-state index in [4.69, 9.17) is 4.74 Å². The molecule has 0 saturated carbocycles. The molecule has 0 radical (unpaired) electrons. The van der Waals surface area contributed by atoms with Gasteiger partial charge in [-0.2, -0.15) is 0 Å². The molecule has 3 rings (SSSR count). The van der Waals surface area contributed by atoms with Crippen molar-refractivity contribution >= 4 is 11.0 Å². The number of methoxy groups -OCH3 is 1. The predicted molar refractivity (Wildman–Crippen MR) is 74.4 cm³/mol. The van der Waals surface area contributed by atoms with Gasteiger partial charge in [-0.1, -0.05) is 12.1 Å². The molecule has 96 valence electrons. The van der Waals surface area contributed by atoms with E-state index >= 15 is 0 Å². The fraction of sp³-hybridized carbons (Fsp3) is 0.133. The molecule has 0 aliphatic carbocycles. The smallest absolute Gasteiger partial charge is 0.144 e. The molecule has 4 nitrogen and oxygen atoms in total. The van der Waals surface area contributed by atoms with Crippen molar-refractivity contribution in [2.45, 2.75) is 0 Å². The minimum Gasteiger partial charge on any atom is -0.507 e. The van der Waals surface area contributed by atoms with Crippen LogP contribution in [0.25, 0.3) is 22.4 Å². The van der Waals surface area contributed by atoms with Crippen LogP contribution in [0.4, 0.5) is 0 Å². The summed E-state index contributed by atoms with van der Waals surface area (Å²) in [7, 11) is 3.51. The molecule has 1 N–H and O–H groups in total. The lowest BCUT2D eigenvalue weighted by atomic mass is 10.2. The van der Waals surface area contributed by atoms with Crippen molar-refractivity contribution in [3.05, 3.63) is 42.5 Å². The van der Waals surface area contributed by atoms with Crippen LogP contribution < -0.4 is 4.74 Å². The third-order valence-corrected chi connectivity index (χ3v) is 3.23. The first-order valence-electron chi connectivity index (χ1n) is 5.99. The molecule has 0 aliphatic rings. The van der Waals surface area contributed by atoms with Gasteiger partial charge in [-0.25, -0.2) is 4.98 Å². The van der Waals surface area contributed by atoms with Crippen molar-refractivity contribution in [2.24, 2.45) is 7.05 Å². The number of aryl methyl sites for hydroxylation is 1. The molecule has 4 heteroatoms. The van der Waals surface area contributed by atoms with Crippen molar-refractivity contribution in [3.63, 3.8) is 0 Å². The highest BCUT2D eigenvalue weighted by Crippen LogP contribution is 2.33. The third kappa shape index (κ3) is 1.81. The Morgan fingerprint density at radius 1 is 1.16 bits per heavy atom. The van der Waals surface area contributed by atoms with Gasteiger partial charge in [-0.3, -0.25) is 0 Å². The fourth-order valence-electron chi connectivity index (χ4n) is 2.21. The monoisotopic (exact) mass is 254 g/mol. The Morgan fingerprint density at radius 3 is 2.63 bits per heavy atom. The minimum atomic E-state index is 0.165. The Morgan fingerprint density at radius 2 is 1.95 bits per heavy atom. The number of aromatic hydroxyl groups is 1. The quantitative estimate of drug-likeness (QED) is 0.764. The van der Waals surface area contributed by atoms with E-state index < -0.39 is 0 Å². The van der Waals surface area contributed by atoms with Crippen LogP contribution in [0.5, 0.6) is 11.5 Å². The summed E-state index contributed by atoms with van der Waals surface area (Å²) < 4.78 is 7.06. The highest BCUT2D eigenvalue weighted by atomic mass is 16.5. The van der Waals surface area contributed by atoms with E-state index in [1.807, 2.05) is 48.0 Å². The molecular formula is C15H14N2O2. The summed E-state index contributed by atoms with van der Waals surface area (Å²) in [4.78, 5) is 4.56. The summed E-state index contributed by atoms with van der Waals surface area (Å²) in [6, 6.07) is 13.1. The number of fused-ring (bicyclic) bond motifs is 1. The molecular weight excluding hydrogens is 240 g/mol. The van der Waals surface area contributed by atoms with Crippen molar-refractivity contribution in [3.8, 4) is 22.9 Å². The Labute approximate surface area is 110 Å². The number of imidazole rings is 1. The number of rotatable bonds is 2. The maximum Gasteiger partial charge on any atom is 0.144 e.